The van der Waals surface area contributed by atoms with Crippen LogP contribution in [0.4, 0.5) is 0 Å². The van der Waals surface area contributed by atoms with Gasteiger partial charge >= 0.3 is 0 Å². The summed E-state index contributed by atoms with van der Waals surface area (Å²) in [5.41, 5.74) is 0. The molecule has 2 atom stereocenters. The van der Waals surface area contributed by atoms with E-state index < -0.39 is 5.85 Å². The fourth-order valence-electron chi connectivity index (χ4n) is 0. The fourth-order valence-corrected chi connectivity index (χ4v) is 0. The average molecular weight is 90.1 g/mol. The Balaban J connectivity index is 2.83. The third-order valence-electron chi connectivity index (χ3n) is 0.241. The molecule has 0 radical (unpaired) electrons. The van der Waals surface area contributed by atoms with Crippen molar-refractivity contribution in [2.45, 2.75) is 5.85 Å². The molecule has 1 N–H and O–H groups in total. The SMILES string of the molecule is C=CC(O)P. The molecule has 0 aromatic rings. The lowest BCUT2D eigenvalue weighted by atomic mass is 10.7. The van der Waals surface area contributed by atoms with Crippen molar-refractivity contribution in [1.29, 1.82) is 0 Å². The van der Waals surface area contributed by atoms with E-state index in [0.717, 1.165) is 0 Å². The Bertz CT molecular complexity index is 33.9. The van der Waals surface area contributed by atoms with Crippen LogP contribution < -0.4 is 0 Å². The van der Waals surface area contributed by atoms with Gasteiger partial charge in [0.15, 0.2) is 0 Å². The maximum Gasteiger partial charge on any atom is 0.0850 e. The number of hydrogen-bond donors (Lipinski definition) is 1. The van der Waals surface area contributed by atoms with Crippen LogP contribution in [0.5, 0.6) is 0 Å². The van der Waals surface area contributed by atoms with E-state index in [1.54, 1.807) is 0 Å². The molecule has 0 aromatic heterocycles. The van der Waals surface area contributed by atoms with E-state index in [9.17, 15) is 0 Å². The molecule has 0 aliphatic rings. The van der Waals surface area contributed by atoms with Crippen molar-refractivity contribution in [3.05, 3.63) is 12.7 Å². The summed E-state index contributed by atoms with van der Waals surface area (Å²) in [6.45, 7) is 3.29. The lowest BCUT2D eigenvalue weighted by Crippen LogP contribution is -1.82. The average Bonchev–Trinajstić information content (AvgIpc) is 1.38. The Morgan fingerprint density at radius 2 is 2.20 bits per heavy atom. The van der Waals surface area contributed by atoms with E-state index in [1.807, 2.05) is 0 Å². The molecule has 0 saturated heterocycles. The highest BCUT2D eigenvalue weighted by Gasteiger charge is 1.75. The quantitative estimate of drug-likeness (QED) is 0.364. The van der Waals surface area contributed by atoms with Crippen molar-refractivity contribution in [1.82, 2.24) is 0 Å². The molecule has 2 unspecified atom stereocenters. The van der Waals surface area contributed by atoms with Gasteiger partial charge in [-0.25, -0.2) is 0 Å². The molecule has 5 heavy (non-hydrogen) atoms. The van der Waals surface area contributed by atoms with Gasteiger partial charge in [-0.3, -0.25) is 0 Å². The first-order chi connectivity index (χ1) is 2.27. The first kappa shape index (κ1) is 5.13. The van der Waals surface area contributed by atoms with E-state index in [4.69, 9.17) is 5.11 Å². The minimum Gasteiger partial charge on any atom is -0.385 e. The third kappa shape index (κ3) is 4.13. The van der Waals surface area contributed by atoms with Crippen molar-refractivity contribution in [3.63, 3.8) is 0 Å². The van der Waals surface area contributed by atoms with E-state index in [2.05, 4.69) is 15.8 Å². The van der Waals surface area contributed by atoms with Gasteiger partial charge in [0.2, 0.25) is 0 Å². The van der Waals surface area contributed by atoms with Gasteiger partial charge in [-0.15, -0.1) is 15.8 Å². The van der Waals surface area contributed by atoms with Crippen LogP contribution in [0, 0.1) is 0 Å². The summed E-state index contributed by atoms with van der Waals surface area (Å²) in [6, 6.07) is 0. The van der Waals surface area contributed by atoms with Gasteiger partial charge in [0.25, 0.3) is 0 Å². The van der Waals surface area contributed by atoms with Crippen LogP contribution in [-0.4, -0.2) is 11.0 Å². The van der Waals surface area contributed by atoms with Crippen LogP contribution in [0.25, 0.3) is 0 Å². The summed E-state index contributed by atoms with van der Waals surface area (Å²) in [7, 11) is 2.17. The fraction of sp³-hybridized carbons (Fsp3) is 0.333. The summed E-state index contributed by atoms with van der Waals surface area (Å²) < 4.78 is 0. The van der Waals surface area contributed by atoms with Gasteiger partial charge in [-0.05, 0) is 0 Å². The highest BCUT2D eigenvalue weighted by atomic mass is 31.0. The van der Waals surface area contributed by atoms with Crippen LogP contribution in [0.15, 0.2) is 12.7 Å². The summed E-state index contributed by atoms with van der Waals surface area (Å²) >= 11 is 0. The molecule has 0 spiro atoms. The zero-order valence-electron chi connectivity index (χ0n) is 2.89. The molecule has 0 fully saturated rings. The number of hydrogen-bond acceptors (Lipinski definition) is 1. The largest absolute Gasteiger partial charge is 0.385 e. The van der Waals surface area contributed by atoms with Crippen LogP contribution in [0.2, 0.25) is 0 Å². The molecule has 0 aromatic carbocycles. The Labute approximate surface area is 33.9 Å². The predicted octanol–water partition coefficient (Wildman–Crippen LogP) is 0.366. The Morgan fingerprint density at radius 1 is 2.00 bits per heavy atom. The van der Waals surface area contributed by atoms with Crippen molar-refractivity contribution < 1.29 is 5.11 Å². The molecule has 0 amide bonds. The lowest BCUT2D eigenvalue weighted by molar-refractivity contribution is 0.309. The summed E-state index contributed by atoms with van der Waals surface area (Å²) in [5, 5.41) is 8.21. The van der Waals surface area contributed by atoms with E-state index in [-0.39, 0.29) is 0 Å². The molecule has 1 nitrogen and oxygen atoms in total. The topological polar surface area (TPSA) is 20.2 Å². The Hall–Kier alpha value is 0.130. The van der Waals surface area contributed by atoms with E-state index >= 15 is 0 Å². The molecule has 0 rings (SSSR count). The molecule has 0 bridgehead atoms. The first-order valence-electron chi connectivity index (χ1n) is 1.33. The summed E-state index contributed by atoms with van der Waals surface area (Å²) in [5.74, 6) is -0.435. The van der Waals surface area contributed by atoms with Crippen LogP contribution >= 0.6 is 9.24 Å². The van der Waals surface area contributed by atoms with Crippen LogP contribution in [-0.2, 0) is 0 Å². The molecule has 0 aliphatic carbocycles. The van der Waals surface area contributed by atoms with Crippen LogP contribution in [0.1, 0.15) is 0 Å². The predicted molar refractivity (Wildman–Crippen MR) is 25.9 cm³/mol. The first-order valence-corrected chi connectivity index (χ1v) is 2.00. The molecular formula is C3H7OP. The van der Waals surface area contributed by atoms with Gasteiger partial charge in [0.05, 0.1) is 5.85 Å². The lowest BCUT2D eigenvalue weighted by Gasteiger charge is -1.84. The Morgan fingerprint density at radius 3 is 2.20 bits per heavy atom. The third-order valence-corrected chi connectivity index (χ3v) is 0.514. The number of aliphatic hydroxyl groups excluding tert-OH is 1. The van der Waals surface area contributed by atoms with Gasteiger partial charge in [-0.1, -0.05) is 6.08 Å². The second-order valence-corrected chi connectivity index (χ2v) is 1.41. The number of aliphatic hydroxyl groups is 1. The van der Waals surface area contributed by atoms with Crippen molar-refractivity contribution in [3.8, 4) is 0 Å². The molecule has 0 heterocycles. The van der Waals surface area contributed by atoms with Crippen molar-refractivity contribution in [2.24, 2.45) is 0 Å². The second kappa shape index (κ2) is 2.37. The summed E-state index contributed by atoms with van der Waals surface area (Å²) in [6.07, 6.45) is 1.44. The summed E-state index contributed by atoms with van der Waals surface area (Å²) in [4.78, 5) is 0. The monoisotopic (exact) mass is 90.0 g/mol. The minimum atomic E-state index is -0.435. The maximum atomic E-state index is 8.21. The number of rotatable bonds is 1. The zero-order valence-corrected chi connectivity index (χ0v) is 4.04. The van der Waals surface area contributed by atoms with Crippen molar-refractivity contribution >= 4 is 9.24 Å². The van der Waals surface area contributed by atoms with Crippen LogP contribution in [0.3, 0.4) is 0 Å². The highest BCUT2D eigenvalue weighted by molar-refractivity contribution is 7.17. The van der Waals surface area contributed by atoms with E-state index in [1.165, 1.54) is 6.08 Å². The van der Waals surface area contributed by atoms with Gasteiger partial charge in [-0.2, -0.15) is 0 Å². The molecular weight excluding hydrogens is 83.0 g/mol. The molecule has 0 saturated carbocycles. The van der Waals surface area contributed by atoms with Gasteiger partial charge < -0.3 is 5.11 Å². The zero-order chi connectivity index (χ0) is 4.28. The normalized spacial score (nSPS) is 14.0. The smallest absolute Gasteiger partial charge is 0.0850 e. The van der Waals surface area contributed by atoms with Gasteiger partial charge in [0.1, 0.15) is 0 Å². The molecule has 0 aliphatic heterocycles. The maximum absolute atomic E-state index is 8.21. The van der Waals surface area contributed by atoms with Crippen molar-refractivity contribution in [2.75, 3.05) is 0 Å². The molecule has 2 heteroatoms. The Kier molecular flexibility index (Phi) is 2.43. The van der Waals surface area contributed by atoms with Gasteiger partial charge in [0, 0.05) is 0 Å². The highest BCUT2D eigenvalue weighted by Crippen LogP contribution is 1.90. The minimum absolute atomic E-state index is 0.435. The van der Waals surface area contributed by atoms with E-state index in [0.29, 0.717) is 0 Å². The standard InChI is InChI=1S/C3H7OP/c1-2-3(4)5/h2-4H,1,5H2. The molecule has 30 valence electrons. The second-order valence-electron chi connectivity index (χ2n) is 0.726.